The van der Waals surface area contributed by atoms with Crippen LogP contribution in [0.2, 0.25) is 0 Å². The molecule has 0 bridgehead atoms. The van der Waals surface area contributed by atoms with Gasteiger partial charge in [0.25, 0.3) is 5.91 Å². The zero-order valence-electron chi connectivity index (χ0n) is 21.3. The minimum Gasteiger partial charge on any atom is -0.335 e. The molecule has 0 N–H and O–H groups in total. The van der Waals surface area contributed by atoms with E-state index < -0.39 is 0 Å². The maximum Gasteiger partial charge on any atom is 0.254 e. The molecule has 0 spiro atoms. The van der Waals surface area contributed by atoms with Gasteiger partial charge in [-0.15, -0.1) is 0 Å². The van der Waals surface area contributed by atoms with E-state index in [1.807, 2.05) is 36.4 Å². The lowest BCUT2D eigenvalue weighted by Gasteiger charge is -2.37. The molecule has 5 rings (SSSR count). The number of benzene rings is 3. The molecule has 0 radical (unpaired) electrons. The van der Waals surface area contributed by atoms with Crippen LogP contribution in [0.4, 0.5) is 4.39 Å². The Kier molecular flexibility index (Phi) is 7.81. The van der Waals surface area contributed by atoms with Crippen LogP contribution in [-0.4, -0.2) is 41.4 Å². The Labute approximate surface area is 214 Å². The van der Waals surface area contributed by atoms with Crippen molar-refractivity contribution in [2.45, 2.75) is 57.5 Å². The lowest BCUT2D eigenvalue weighted by atomic mass is 9.86. The van der Waals surface area contributed by atoms with Crippen LogP contribution in [0.15, 0.2) is 78.9 Å². The largest absolute Gasteiger partial charge is 0.335 e. The van der Waals surface area contributed by atoms with Crippen molar-refractivity contribution in [2.24, 2.45) is 5.92 Å². The Balaban J connectivity index is 1.42. The highest BCUT2D eigenvalue weighted by atomic mass is 19.1. The van der Waals surface area contributed by atoms with E-state index in [0.717, 1.165) is 49.2 Å². The van der Waals surface area contributed by atoms with E-state index in [4.69, 9.17) is 0 Å². The molecule has 3 aromatic carbocycles. The zero-order valence-corrected chi connectivity index (χ0v) is 21.3. The summed E-state index contributed by atoms with van der Waals surface area (Å²) in [7, 11) is 0. The van der Waals surface area contributed by atoms with Crippen LogP contribution in [0.3, 0.4) is 0 Å². The van der Waals surface area contributed by atoms with Gasteiger partial charge < -0.3 is 4.90 Å². The van der Waals surface area contributed by atoms with Gasteiger partial charge in [-0.2, -0.15) is 0 Å². The summed E-state index contributed by atoms with van der Waals surface area (Å²) in [5.74, 6) is 0.405. The summed E-state index contributed by atoms with van der Waals surface area (Å²) < 4.78 is 14.2. The summed E-state index contributed by atoms with van der Waals surface area (Å²) in [5, 5.41) is 0. The summed E-state index contributed by atoms with van der Waals surface area (Å²) in [5.41, 5.74) is 4.26. The third-order valence-electron chi connectivity index (χ3n) is 8.05. The second kappa shape index (κ2) is 11.4. The normalized spacial score (nSPS) is 20.9. The zero-order chi connectivity index (χ0) is 24.9. The minimum atomic E-state index is -0.187. The minimum absolute atomic E-state index is 0.140. The van der Waals surface area contributed by atoms with Crippen molar-refractivity contribution in [2.75, 3.05) is 19.6 Å². The standard InChI is InChI=1S/C32H37FN2O/c1-24-15-17-26(18-16-24)32(36)35(30-13-6-3-7-14-30)22-28-21-34(20-25-9-4-2-5-10-25)23-31(28)27-11-8-12-29(33)19-27/h2,4-5,8-12,15-19,28,30-31H,3,6-7,13-14,20-23H2,1H3. The number of hydrogen-bond donors (Lipinski definition) is 0. The first-order valence-corrected chi connectivity index (χ1v) is 13.5. The van der Waals surface area contributed by atoms with Gasteiger partial charge in [0.05, 0.1) is 0 Å². The summed E-state index contributed by atoms with van der Waals surface area (Å²) in [4.78, 5) is 18.5. The number of carbonyl (C=O) groups is 1. The fourth-order valence-corrected chi connectivity index (χ4v) is 6.14. The molecule has 2 aliphatic rings. The van der Waals surface area contributed by atoms with E-state index in [-0.39, 0.29) is 29.6 Å². The number of halogens is 1. The molecule has 1 saturated carbocycles. The van der Waals surface area contributed by atoms with Gasteiger partial charge in [-0.05, 0) is 61.1 Å². The smallest absolute Gasteiger partial charge is 0.254 e. The van der Waals surface area contributed by atoms with Crippen molar-refractivity contribution in [1.82, 2.24) is 9.80 Å². The topological polar surface area (TPSA) is 23.6 Å². The van der Waals surface area contributed by atoms with E-state index in [1.54, 1.807) is 6.07 Å². The van der Waals surface area contributed by atoms with Crippen LogP contribution in [0, 0.1) is 18.7 Å². The Hall–Kier alpha value is -2.98. The first-order valence-electron chi connectivity index (χ1n) is 13.5. The second-order valence-electron chi connectivity index (χ2n) is 10.7. The molecule has 1 saturated heterocycles. The molecular weight excluding hydrogens is 447 g/mol. The molecular formula is C32H37FN2O. The van der Waals surface area contributed by atoms with Gasteiger partial charge in [0.15, 0.2) is 0 Å². The summed E-state index contributed by atoms with van der Waals surface area (Å²) >= 11 is 0. The molecule has 1 aliphatic carbocycles. The van der Waals surface area contributed by atoms with Crippen molar-refractivity contribution in [3.8, 4) is 0 Å². The predicted molar refractivity (Wildman–Crippen MR) is 143 cm³/mol. The number of aryl methyl sites for hydroxylation is 1. The van der Waals surface area contributed by atoms with E-state index in [9.17, 15) is 9.18 Å². The molecule has 3 nitrogen and oxygen atoms in total. The number of rotatable bonds is 7. The van der Waals surface area contributed by atoms with Gasteiger partial charge in [0.1, 0.15) is 5.82 Å². The first-order chi connectivity index (χ1) is 17.6. The molecule has 2 fully saturated rings. The van der Waals surface area contributed by atoms with Crippen molar-refractivity contribution in [1.29, 1.82) is 0 Å². The monoisotopic (exact) mass is 484 g/mol. The van der Waals surface area contributed by atoms with Crippen LogP contribution in [0.1, 0.15) is 65.1 Å². The Morgan fingerprint density at radius 2 is 1.67 bits per heavy atom. The molecule has 1 heterocycles. The molecule has 1 amide bonds. The van der Waals surface area contributed by atoms with E-state index in [2.05, 4.69) is 47.1 Å². The molecule has 188 valence electrons. The highest BCUT2D eigenvalue weighted by Crippen LogP contribution is 2.36. The quantitative estimate of drug-likeness (QED) is 0.367. The number of nitrogens with zero attached hydrogens (tertiary/aromatic N) is 2. The maximum absolute atomic E-state index is 14.2. The van der Waals surface area contributed by atoms with Gasteiger partial charge in [-0.1, -0.05) is 79.4 Å². The van der Waals surface area contributed by atoms with Crippen molar-refractivity contribution in [3.05, 3.63) is 107 Å². The average Bonchev–Trinajstić information content (AvgIpc) is 3.30. The second-order valence-corrected chi connectivity index (χ2v) is 10.7. The first kappa shape index (κ1) is 24.7. The molecule has 1 aliphatic heterocycles. The van der Waals surface area contributed by atoms with Gasteiger partial charge in [0, 0.05) is 43.7 Å². The average molecular weight is 485 g/mol. The van der Waals surface area contributed by atoms with E-state index in [0.29, 0.717) is 6.54 Å². The van der Waals surface area contributed by atoms with Crippen molar-refractivity contribution >= 4 is 5.91 Å². The van der Waals surface area contributed by atoms with Crippen molar-refractivity contribution in [3.63, 3.8) is 0 Å². The number of likely N-dealkylation sites (tertiary alicyclic amines) is 1. The van der Waals surface area contributed by atoms with Gasteiger partial charge in [-0.3, -0.25) is 9.69 Å². The highest BCUT2D eigenvalue weighted by Gasteiger charge is 2.38. The summed E-state index contributed by atoms with van der Waals surface area (Å²) in [6.07, 6.45) is 5.76. The van der Waals surface area contributed by atoms with Gasteiger partial charge >= 0.3 is 0 Å². The van der Waals surface area contributed by atoms with Gasteiger partial charge in [0.2, 0.25) is 0 Å². The Morgan fingerprint density at radius 1 is 0.917 bits per heavy atom. The third kappa shape index (κ3) is 5.87. The van der Waals surface area contributed by atoms with E-state index in [1.165, 1.54) is 30.9 Å². The van der Waals surface area contributed by atoms with Crippen LogP contribution in [0.25, 0.3) is 0 Å². The predicted octanol–water partition coefficient (Wildman–Crippen LogP) is 6.82. The Morgan fingerprint density at radius 3 is 2.39 bits per heavy atom. The third-order valence-corrected chi connectivity index (χ3v) is 8.05. The SMILES string of the molecule is Cc1ccc(C(=O)N(CC2CN(Cc3ccccc3)CC2c2cccc(F)c2)C2CCCCC2)cc1. The van der Waals surface area contributed by atoms with Crippen LogP contribution in [-0.2, 0) is 6.54 Å². The van der Waals surface area contributed by atoms with Crippen LogP contribution in [0.5, 0.6) is 0 Å². The Bertz CT molecular complexity index is 1140. The van der Waals surface area contributed by atoms with Crippen LogP contribution < -0.4 is 0 Å². The lowest BCUT2D eigenvalue weighted by molar-refractivity contribution is 0.0588. The number of amides is 1. The summed E-state index contributed by atoms with van der Waals surface area (Å²) in [6, 6.07) is 25.9. The molecule has 4 heteroatoms. The van der Waals surface area contributed by atoms with Crippen molar-refractivity contribution < 1.29 is 9.18 Å². The van der Waals surface area contributed by atoms with Crippen LogP contribution >= 0.6 is 0 Å². The molecule has 3 aromatic rings. The molecule has 36 heavy (non-hydrogen) atoms. The number of hydrogen-bond acceptors (Lipinski definition) is 2. The fourth-order valence-electron chi connectivity index (χ4n) is 6.14. The highest BCUT2D eigenvalue weighted by molar-refractivity contribution is 5.94. The molecule has 0 aromatic heterocycles. The molecule has 2 unspecified atom stereocenters. The lowest BCUT2D eigenvalue weighted by Crippen LogP contribution is -2.45. The number of carbonyl (C=O) groups excluding carboxylic acids is 1. The maximum atomic E-state index is 14.2. The summed E-state index contributed by atoms with van der Waals surface area (Å²) in [6.45, 7) is 5.42. The van der Waals surface area contributed by atoms with Gasteiger partial charge in [-0.25, -0.2) is 4.39 Å². The fraction of sp³-hybridized carbons (Fsp3) is 0.406. The molecule has 2 atom stereocenters. The van der Waals surface area contributed by atoms with E-state index >= 15 is 0 Å².